The van der Waals surface area contributed by atoms with Gasteiger partial charge in [0.25, 0.3) is 0 Å². The summed E-state index contributed by atoms with van der Waals surface area (Å²) < 4.78 is 2.14. The highest BCUT2D eigenvalue weighted by atomic mass is 15.1. The second-order valence-electron chi connectivity index (χ2n) is 4.20. The lowest BCUT2D eigenvalue weighted by Crippen LogP contribution is -2.12. The summed E-state index contributed by atoms with van der Waals surface area (Å²) in [5.41, 5.74) is 2.69. The maximum atomic E-state index is 4.54. The van der Waals surface area contributed by atoms with Crippen LogP contribution in [0.2, 0.25) is 0 Å². The Labute approximate surface area is 85.5 Å². The van der Waals surface area contributed by atoms with Crippen molar-refractivity contribution in [3.8, 4) is 0 Å². The topological polar surface area (TPSA) is 29.9 Å². The molecular formula is C11H19N3. The first-order chi connectivity index (χ1) is 6.83. The molecule has 0 aliphatic heterocycles. The molecule has 1 fully saturated rings. The van der Waals surface area contributed by atoms with Crippen LogP contribution in [-0.2, 0) is 13.6 Å². The molecule has 1 aromatic rings. The van der Waals surface area contributed by atoms with Crippen LogP contribution in [0.1, 0.15) is 43.0 Å². The van der Waals surface area contributed by atoms with Crippen molar-refractivity contribution in [2.24, 2.45) is 7.05 Å². The number of nitrogens with one attached hydrogen (secondary N) is 1. The molecule has 0 spiro atoms. The largest absolute Gasteiger partial charge is 0.336 e. The molecular weight excluding hydrogens is 174 g/mol. The Morgan fingerprint density at radius 1 is 1.50 bits per heavy atom. The molecule has 1 aromatic heterocycles. The lowest BCUT2D eigenvalue weighted by atomic mass is 10.0. The Morgan fingerprint density at radius 3 is 2.86 bits per heavy atom. The minimum atomic E-state index is 0.722. The predicted octanol–water partition coefficient (Wildman–Crippen LogP) is 1.80. The number of nitrogens with zero attached hydrogens (tertiary/aromatic N) is 2. The van der Waals surface area contributed by atoms with Gasteiger partial charge in [0.1, 0.15) is 0 Å². The van der Waals surface area contributed by atoms with Gasteiger partial charge in [-0.3, -0.25) is 0 Å². The van der Waals surface area contributed by atoms with E-state index < -0.39 is 0 Å². The van der Waals surface area contributed by atoms with E-state index in [0.717, 1.165) is 12.5 Å². The Morgan fingerprint density at radius 2 is 2.21 bits per heavy atom. The molecule has 0 radical (unpaired) electrons. The molecule has 3 heteroatoms. The van der Waals surface area contributed by atoms with Crippen LogP contribution in [0.15, 0.2) is 6.33 Å². The van der Waals surface area contributed by atoms with Crippen LogP contribution in [-0.4, -0.2) is 16.6 Å². The molecule has 0 bridgehead atoms. The summed E-state index contributed by atoms with van der Waals surface area (Å²) in [4.78, 5) is 4.54. The smallest absolute Gasteiger partial charge is 0.0949 e. The van der Waals surface area contributed by atoms with Crippen molar-refractivity contribution in [2.75, 3.05) is 7.05 Å². The second kappa shape index (κ2) is 4.13. The molecule has 0 saturated heterocycles. The zero-order chi connectivity index (χ0) is 9.97. The molecule has 78 valence electrons. The van der Waals surface area contributed by atoms with Crippen LogP contribution in [0.3, 0.4) is 0 Å². The summed E-state index contributed by atoms with van der Waals surface area (Å²) in [5, 5.41) is 3.21. The van der Waals surface area contributed by atoms with E-state index in [0.29, 0.717) is 0 Å². The highest BCUT2D eigenvalue weighted by Crippen LogP contribution is 2.34. The van der Waals surface area contributed by atoms with E-state index in [-0.39, 0.29) is 0 Å². The third-order valence-corrected chi connectivity index (χ3v) is 3.18. The Balaban J connectivity index is 2.22. The van der Waals surface area contributed by atoms with Gasteiger partial charge in [-0.15, -0.1) is 0 Å². The first-order valence-electron chi connectivity index (χ1n) is 5.47. The zero-order valence-corrected chi connectivity index (χ0v) is 9.08. The van der Waals surface area contributed by atoms with E-state index in [1.165, 1.54) is 37.1 Å². The monoisotopic (exact) mass is 193 g/mol. The molecule has 14 heavy (non-hydrogen) atoms. The standard InChI is InChI=1S/C11H19N3/c1-12-7-10-11(13-8-14(10)2)9-5-3-4-6-9/h8-9,12H,3-7H2,1-2H3. The van der Waals surface area contributed by atoms with Gasteiger partial charge in [-0.25, -0.2) is 4.98 Å². The van der Waals surface area contributed by atoms with Gasteiger partial charge in [-0.2, -0.15) is 0 Å². The first kappa shape index (κ1) is 9.71. The normalized spacial score (nSPS) is 17.9. The second-order valence-corrected chi connectivity index (χ2v) is 4.20. The minimum absolute atomic E-state index is 0.722. The van der Waals surface area contributed by atoms with Crippen LogP contribution in [0.5, 0.6) is 0 Å². The van der Waals surface area contributed by atoms with Crippen molar-refractivity contribution in [1.82, 2.24) is 14.9 Å². The summed E-state index contributed by atoms with van der Waals surface area (Å²) in [6, 6.07) is 0. The van der Waals surface area contributed by atoms with Crippen molar-refractivity contribution in [2.45, 2.75) is 38.1 Å². The van der Waals surface area contributed by atoms with Crippen molar-refractivity contribution in [1.29, 1.82) is 0 Å². The van der Waals surface area contributed by atoms with Gasteiger partial charge < -0.3 is 9.88 Å². The van der Waals surface area contributed by atoms with Crippen LogP contribution < -0.4 is 5.32 Å². The number of imidazole rings is 1. The fourth-order valence-electron chi connectivity index (χ4n) is 2.40. The van der Waals surface area contributed by atoms with E-state index in [1.807, 2.05) is 13.4 Å². The van der Waals surface area contributed by atoms with Gasteiger partial charge in [0.05, 0.1) is 17.7 Å². The summed E-state index contributed by atoms with van der Waals surface area (Å²) in [5.74, 6) is 0.722. The lowest BCUT2D eigenvalue weighted by molar-refractivity contribution is 0.662. The molecule has 1 aliphatic rings. The SMILES string of the molecule is CNCc1c(C2CCCC2)ncn1C. The fourth-order valence-corrected chi connectivity index (χ4v) is 2.40. The molecule has 3 nitrogen and oxygen atoms in total. The third kappa shape index (κ3) is 1.69. The Bertz CT molecular complexity index is 297. The molecule has 0 unspecified atom stereocenters. The van der Waals surface area contributed by atoms with Crippen molar-refractivity contribution in [3.05, 3.63) is 17.7 Å². The van der Waals surface area contributed by atoms with Crippen LogP contribution >= 0.6 is 0 Å². The summed E-state index contributed by atoms with van der Waals surface area (Å²) >= 11 is 0. The van der Waals surface area contributed by atoms with E-state index in [1.54, 1.807) is 0 Å². The molecule has 1 saturated carbocycles. The van der Waals surface area contributed by atoms with E-state index in [9.17, 15) is 0 Å². The molecule has 1 heterocycles. The van der Waals surface area contributed by atoms with Crippen molar-refractivity contribution < 1.29 is 0 Å². The average molecular weight is 193 g/mol. The molecule has 0 aromatic carbocycles. The maximum Gasteiger partial charge on any atom is 0.0949 e. The van der Waals surface area contributed by atoms with Gasteiger partial charge in [0.2, 0.25) is 0 Å². The fraction of sp³-hybridized carbons (Fsp3) is 0.727. The van der Waals surface area contributed by atoms with Gasteiger partial charge in [-0.1, -0.05) is 12.8 Å². The number of aromatic nitrogens is 2. The summed E-state index contributed by atoms with van der Waals surface area (Å²) in [6.45, 7) is 0.933. The molecule has 1 aliphatic carbocycles. The van der Waals surface area contributed by atoms with Gasteiger partial charge in [0, 0.05) is 19.5 Å². The minimum Gasteiger partial charge on any atom is -0.336 e. The van der Waals surface area contributed by atoms with E-state index >= 15 is 0 Å². The number of hydrogen-bond donors (Lipinski definition) is 1. The average Bonchev–Trinajstić information content (AvgIpc) is 2.77. The molecule has 0 amide bonds. The van der Waals surface area contributed by atoms with E-state index in [4.69, 9.17) is 0 Å². The van der Waals surface area contributed by atoms with E-state index in [2.05, 4.69) is 21.9 Å². The molecule has 1 N–H and O–H groups in total. The Kier molecular flexibility index (Phi) is 2.87. The quantitative estimate of drug-likeness (QED) is 0.793. The first-order valence-corrected chi connectivity index (χ1v) is 5.47. The van der Waals surface area contributed by atoms with Gasteiger partial charge in [-0.05, 0) is 19.9 Å². The number of rotatable bonds is 3. The number of hydrogen-bond acceptors (Lipinski definition) is 2. The van der Waals surface area contributed by atoms with Gasteiger partial charge in [0.15, 0.2) is 0 Å². The van der Waals surface area contributed by atoms with Crippen LogP contribution in [0.25, 0.3) is 0 Å². The van der Waals surface area contributed by atoms with Crippen LogP contribution in [0.4, 0.5) is 0 Å². The van der Waals surface area contributed by atoms with Crippen LogP contribution in [0, 0.1) is 0 Å². The van der Waals surface area contributed by atoms with Crippen molar-refractivity contribution in [3.63, 3.8) is 0 Å². The third-order valence-electron chi connectivity index (χ3n) is 3.18. The maximum absolute atomic E-state index is 4.54. The lowest BCUT2D eigenvalue weighted by Gasteiger charge is -2.10. The van der Waals surface area contributed by atoms with Crippen molar-refractivity contribution >= 4 is 0 Å². The summed E-state index contributed by atoms with van der Waals surface area (Å²) in [6.07, 6.45) is 7.35. The zero-order valence-electron chi connectivity index (χ0n) is 9.08. The van der Waals surface area contributed by atoms with Gasteiger partial charge >= 0.3 is 0 Å². The molecule has 2 rings (SSSR count). The highest BCUT2D eigenvalue weighted by Gasteiger charge is 2.22. The molecule has 0 atom stereocenters. The predicted molar refractivity (Wildman–Crippen MR) is 57.2 cm³/mol. The summed E-state index contributed by atoms with van der Waals surface area (Å²) in [7, 11) is 4.07. The highest BCUT2D eigenvalue weighted by molar-refractivity contribution is 5.18. The number of aryl methyl sites for hydroxylation is 1. The Hall–Kier alpha value is -0.830.